The number of alkyl halides is 1. The molecule has 3 unspecified atom stereocenters. The van der Waals surface area contributed by atoms with E-state index in [2.05, 4.69) is 0 Å². The summed E-state index contributed by atoms with van der Waals surface area (Å²) in [4.78, 5) is 49.2. The van der Waals surface area contributed by atoms with Gasteiger partial charge in [-0.2, -0.15) is 0 Å². The maximum absolute atomic E-state index is 14.4. The number of ether oxygens (including phenoxy) is 3. The van der Waals surface area contributed by atoms with E-state index in [1.54, 1.807) is 41.5 Å². The van der Waals surface area contributed by atoms with Crippen LogP contribution in [0.25, 0.3) is 0 Å². The number of carbonyl (C=O) groups excluding carboxylic acids is 2. The molecule has 1 rings (SSSR count). The number of H-pyrrole nitrogens is 1. The van der Waals surface area contributed by atoms with E-state index in [9.17, 15) is 33.2 Å². The quantitative estimate of drug-likeness (QED) is 0.189. The maximum atomic E-state index is 14.4. The molecule has 0 bridgehead atoms. The highest BCUT2D eigenvalue weighted by Crippen LogP contribution is 2.49. The zero-order chi connectivity index (χ0) is 29.3. The first-order chi connectivity index (χ1) is 17.4. The number of rotatable bonds is 14. The minimum Gasteiger partial charge on any atom is -0.437 e. The number of nitrogens with zero attached hydrogens (tertiary/aromatic N) is 1. The molecule has 0 fully saturated rings. The van der Waals surface area contributed by atoms with Gasteiger partial charge in [0, 0.05) is 12.3 Å². The number of aromatic amines is 1. The number of hydrogen-bond acceptors (Lipinski definition) is 12. The Bertz CT molecular complexity index is 1060. The van der Waals surface area contributed by atoms with Crippen LogP contribution in [0.4, 0.5) is 4.39 Å². The van der Waals surface area contributed by atoms with Gasteiger partial charge in [-0.3, -0.25) is 28.5 Å². The van der Waals surface area contributed by atoms with Crippen LogP contribution in [0.2, 0.25) is 0 Å². The van der Waals surface area contributed by atoms with Crippen LogP contribution >= 0.6 is 7.82 Å². The van der Waals surface area contributed by atoms with Gasteiger partial charge in [0.2, 0.25) is 13.6 Å². The topological polar surface area (TPSA) is 182 Å². The van der Waals surface area contributed by atoms with Crippen LogP contribution in [0.15, 0.2) is 21.9 Å². The van der Waals surface area contributed by atoms with E-state index in [0.717, 1.165) is 12.3 Å². The lowest BCUT2D eigenvalue weighted by Gasteiger charge is -2.27. The molecule has 14 nitrogen and oxygen atoms in total. The molecule has 16 heteroatoms. The molecule has 0 aliphatic rings. The van der Waals surface area contributed by atoms with Gasteiger partial charge in [-0.15, -0.1) is 0 Å². The third-order valence-electron chi connectivity index (χ3n) is 4.47. The van der Waals surface area contributed by atoms with Crippen LogP contribution in [0.1, 0.15) is 54.7 Å². The highest BCUT2D eigenvalue weighted by Gasteiger charge is 2.33. The molecule has 0 spiro atoms. The summed E-state index contributed by atoms with van der Waals surface area (Å²) < 4.78 is 58.7. The molecule has 0 saturated heterocycles. The third kappa shape index (κ3) is 11.1. The Labute approximate surface area is 218 Å². The monoisotopic (exact) mass is 570 g/mol. The van der Waals surface area contributed by atoms with Crippen molar-refractivity contribution in [2.45, 2.75) is 67.0 Å². The summed E-state index contributed by atoms with van der Waals surface area (Å²) in [6, 6.07) is 0.955. The zero-order valence-electron chi connectivity index (χ0n) is 22.4. The van der Waals surface area contributed by atoms with E-state index in [-0.39, 0.29) is 0 Å². The normalized spacial score (nSPS) is 15.0. The molecule has 38 heavy (non-hydrogen) atoms. The molecule has 1 aromatic heterocycles. The van der Waals surface area contributed by atoms with Gasteiger partial charge >= 0.3 is 25.5 Å². The van der Waals surface area contributed by atoms with Crippen LogP contribution in [-0.4, -0.2) is 65.7 Å². The van der Waals surface area contributed by atoms with Gasteiger partial charge in [0.1, 0.15) is 0 Å². The van der Waals surface area contributed by atoms with Gasteiger partial charge in [0.05, 0.1) is 30.1 Å². The van der Waals surface area contributed by atoms with Gasteiger partial charge in [-0.05, 0) is 48.5 Å². The minimum absolute atomic E-state index is 0.579. The first kappa shape index (κ1) is 33.6. The van der Waals surface area contributed by atoms with E-state index in [1.165, 1.54) is 6.92 Å². The van der Waals surface area contributed by atoms with Crippen LogP contribution in [-0.2, 0) is 41.9 Å². The molecule has 0 amide bonds. The highest BCUT2D eigenvalue weighted by molar-refractivity contribution is 7.48. The van der Waals surface area contributed by atoms with Gasteiger partial charge < -0.3 is 19.3 Å². The second-order valence-electron chi connectivity index (χ2n) is 10.2. The molecule has 218 valence electrons. The summed E-state index contributed by atoms with van der Waals surface area (Å²) in [7, 11) is -4.55. The molecule has 1 heterocycles. The summed E-state index contributed by atoms with van der Waals surface area (Å²) >= 11 is 0. The molecular formula is C22H36FN2O12P. The first-order valence-corrected chi connectivity index (χ1v) is 13.0. The second kappa shape index (κ2) is 14.1. The standard InChI is InChI=1S/C22H36FN2O12P/c1-14(37-17(15(23)10-26)25-9-8-16(27)24-20(25)30)11-34-38(31,35-12-32-18(28)21(2,3)4)36-13-33-19(29)22(5,6)7/h8-9,14-15,17,26H,10-13H2,1-7H3,(H,24,27,30). The van der Waals surface area contributed by atoms with Crippen molar-refractivity contribution < 1.29 is 51.4 Å². The number of phosphoric ester groups is 1. The predicted molar refractivity (Wildman–Crippen MR) is 129 cm³/mol. The average Bonchev–Trinajstić information content (AvgIpc) is 2.80. The molecule has 0 aliphatic carbocycles. The van der Waals surface area contributed by atoms with Crippen molar-refractivity contribution in [3.05, 3.63) is 33.1 Å². The fraction of sp³-hybridized carbons (Fsp3) is 0.727. The summed E-state index contributed by atoms with van der Waals surface area (Å²) in [5, 5.41) is 9.24. The van der Waals surface area contributed by atoms with E-state index < -0.39 is 87.1 Å². The number of nitrogens with one attached hydrogen (secondary N) is 1. The second-order valence-corrected chi connectivity index (χ2v) is 11.8. The highest BCUT2D eigenvalue weighted by atomic mass is 31.2. The fourth-order valence-corrected chi connectivity index (χ4v) is 3.33. The Kier molecular flexibility index (Phi) is 12.5. The van der Waals surface area contributed by atoms with Crippen molar-refractivity contribution >= 4 is 19.8 Å². The summed E-state index contributed by atoms with van der Waals surface area (Å²) in [6.45, 7) is 7.61. The number of aromatic nitrogens is 2. The molecule has 0 aromatic carbocycles. The first-order valence-electron chi connectivity index (χ1n) is 11.5. The van der Waals surface area contributed by atoms with E-state index >= 15 is 0 Å². The number of hydrogen-bond donors (Lipinski definition) is 2. The van der Waals surface area contributed by atoms with Crippen molar-refractivity contribution in [1.29, 1.82) is 0 Å². The Balaban J connectivity index is 2.94. The van der Waals surface area contributed by atoms with Crippen molar-refractivity contribution in [3.63, 3.8) is 0 Å². The SMILES string of the molecule is CC(COP(=O)(OCOC(=O)C(C)(C)C)OCOC(=O)C(C)(C)C)OC(C(F)CO)n1ccc(=O)[nH]c1=O. The Hall–Kier alpha value is -2.42. The molecule has 0 aliphatic heterocycles. The molecule has 0 radical (unpaired) electrons. The van der Waals surface area contributed by atoms with Crippen molar-refractivity contribution in [1.82, 2.24) is 9.55 Å². The van der Waals surface area contributed by atoms with Gasteiger partial charge in [-0.1, -0.05) is 0 Å². The van der Waals surface area contributed by atoms with Gasteiger partial charge in [-0.25, -0.2) is 22.8 Å². The van der Waals surface area contributed by atoms with E-state index in [4.69, 9.17) is 27.8 Å². The van der Waals surface area contributed by atoms with Crippen LogP contribution < -0.4 is 11.2 Å². The van der Waals surface area contributed by atoms with E-state index in [0.29, 0.717) is 4.57 Å². The van der Waals surface area contributed by atoms with Crippen LogP contribution in [0, 0.1) is 10.8 Å². The van der Waals surface area contributed by atoms with Crippen molar-refractivity contribution in [2.24, 2.45) is 10.8 Å². The van der Waals surface area contributed by atoms with Gasteiger partial charge in [0.25, 0.3) is 5.56 Å². The lowest BCUT2D eigenvalue weighted by molar-refractivity contribution is -0.164. The Morgan fingerprint density at radius 2 is 1.53 bits per heavy atom. The van der Waals surface area contributed by atoms with Crippen molar-refractivity contribution in [3.8, 4) is 0 Å². The fourth-order valence-electron chi connectivity index (χ4n) is 2.35. The lowest BCUT2D eigenvalue weighted by atomic mass is 9.98. The number of esters is 2. The van der Waals surface area contributed by atoms with Crippen LogP contribution in [0.5, 0.6) is 0 Å². The number of halogens is 1. The number of carbonyl (C=O) groups is 2. The van der Waals surface area contributed by atoms with Gasteiger partial charge in [0.15, 0.2) is 12.4 Å². The molecular weight excluding hydrogens is 534 g/mol. The number of phosphoric acid groups is 1. The minimum atomic E-state index is -4.55. The Morgan fingerprint density at radius 3 is 1.95 bits per heavy atom. The lowest BCUT2D eigenvalue weighted by Crippen LogP contribution is -2.39. The molecule has 0 saturated carbocycles. The smallest absolute Gasteiger partial charge is 0.437 e. The summed E-state index contributed by atoms with van der Waals surface area (Å²) in [6.07, 6.45) is -3.90. The predicted octanol–water partition coefficient (Wildman–Crippen LogP) is 2.02. The largest absolute Gasteiger partial charge is 0.480 e. The summed E-state index contributed by atoms with van der Waals surface area (Å²) in [5.41, 5.74) is -3.49. The number of aliphatic hydroxyl groups excluding tert-OH is 1. The third-order valence-corrected chi connectivity index (χ3v) is 5.78. The summed E-state index contributed by atoms with van der Waals surface area (Å²) in [5.74, 6) is -1.35. The van der Waals surface area contributed by atoms with E-state index in [1.807, 2.05) is 4.98 Å². The molecule has 1 aromatic rings. The van der Waals surface area contributed by atoms with Crippen LogP contribution in [0.3, 0.4) is 0 Å². The molecule has 3 atom stereocenters. The van der Waals surface area contributed by atoms with Crippen molar-refractivity contribution in [2.75, 3.05) is 26.8 Å². The Morgan fingerprint density at radius 1 is 1.03 bits per heavy atom. The molecule has 2 N–H and O–H groups in total. The average molecular weight is 571 g/mol. The number of aliphatic hydroxyl groups is 1. The zero-order valence-corrected chi connectivity index (χ0v) is 23.3. The maximum Gasteiger partial charge on any atom is 0.480 e.